The summed E-state index contributed by atoms with van der Waals surface area (Å²) in [6.45, 7) is 0.793. The fourth-order valence-electron chi connectivity index (χ4n) is 2.60. The lowest BCUT2D eigenvalue weighted by Gasteiger charge is -2.33. The zero-order chi connectivity index (χ0) is 15.9. The Kier molecular flexibility index (Phi) is 5.75. The van der Waals surface area contributed by atoms with E-state index in [2.05, 4.69) is 0 Å². The van der Waals surface area contributed by atoms with Gasteiger partial charge in [-0.3, -0.25) is 4.79 Å². The van der Waals surface area contributed by atoms with Crippen molar-refractivity contribution in [1.82, 2.24) is 4.90 Å². The van der Waals surface area contributed by atoms with E-state index in [1.54, 1.807) is 12.1 Å². The highest BCUT2D eigenvalue weighted by Crippen LogP contribution is 2.19. The third-order valence-electron chi connectivity index (χ3n) is 3.71. The largest absolute Gasteiger partial charge is 0.493 e. The molecule has 1 amide bonds. The smallest absolute Gasteiger partial charge is 0.326 e. The standard InChI is InChI=1S/C16H20FNO4/c17-12-5-3-6-13(11-12)22-10-4-8-15(19)18-9-2-1-7-14(18)16(20)21/h3,5-6,11,14H,1-2,4,7-10H2,(H,20,21). The van der Waals surface area contributed by atoms with Crippen LogP contribution >= 0.6 is 0 Å². The number of carbonyl (C=O) groups is 2. The predicted molar refractivity (Wildman–Crippen MR) is 78.1 cm³/mol. The molecule has 1 atom stereocenters. The number of hydrogen-bond donors (Lipinski definition) is 1. The molecule has 1 aromatic rings. The van der Waals surface area contributed by atoms with Crippen LogP contribution in [0.3, 0.4) is 0 Å². The summed E-state index contributed by atoms with van der Waals surface area (Å²) in [6, 6.07) is 5.12. The maximum atomic E-state index is 13.0. The molecule has 0 radical (unpaired) electrons. The van der Waals surface area contributed by atoms with E-state index in [9.17, 15) is 14.0 Å². The first-order valence-corrected chi connectivity index (χ1v) is 7.48. The molecule has 1 saturated heterocycles. The molecule has 22 heavy (non-hydrogen) atoms. The van der Waals surface area contributed by atoms with Gasteiger partial charge in [0.05, 0.1) is 6.61 Å². The second-order valence-corrected chi connectivity index (χ2v) is 5.35. The molecule has 2 rings (SSSR count). The van der Waals surface area contributed by atoms with Crippen LogP contribution in [0.25, 0.3) is 0 Å². The van der Waals surface area contributed by atoms with Crippen molar-refractivity contribution in [1.29, 1.82) is 0 Å². The van der Waals surface area contributed by atoms with Gasteiger partial charge in [-0.1, -0.05) is 6.07 Å². The summed E-state index contributed by atoms with van der Waals surface area (Å²) in [4.78, 5) is 24.7. The number of hydrogen-bond acceptors (Lipinski definition) is 3. The summed E-state index contributed by atoms with van der Waals surface area (Å²) in [5.74, 6) is -1.04. The van der Waals surface area contributed by atoms with Crippen molar-refractivity contribution in [3.05, 3.63) is 30.1 Å². The highest BCUT2D eigenvalue weighted by molar-refractivity contribution is 5.83. The third kappa shape index (κ3) is 4.44. The van der Waals surface area contributed by atoms with Gasteiger partial charge in [0.1, 0.15) is 17.6 Å². The lowest BCUT2D eigenvalue weighted by molar-refractivity contribution is -0.152. The molecular weight excluding hydrogens is 289 g/mol. The molecule has 1 fully saturated rings. The van der Waals surface area contributed by atoms with E-state index < -0.39 is 12.0 Å². The van der Waals surface area contributed by atoms with Crippen molar-refractivity contribution in [2.24, 2.45) is 0 Å². The lowest BCUT2D eigenvalue weighted by atomic mass is 10.0. The van der Waals surface area contributed by atoms with E-state index in [0.29, 0.717) is 31.7 Å². The summed E-state index contributed by atoms with van der Waals surface area (Å²) in [5.41, 5.74) is 0. The Balaban J connectivity index is 1.76. The van der Waals surface area contributed by atoms with Gasteiger partial charge in [-0.15, -0.1) is 0 Å². The molecule has 1 N–H and O–H groups in total. The van der Waals surface area contributed by atoms with Gasteiger partial charge in [-0.2, -0.15) is 0 Å². The number of carbonyl (C=O) groups excluding carboxylic acids is 1. The van der Waals surface area contributed by atoms with E-state index in [-0.39, 0.29) is 18.1 Å². The summed E-state index contributed by atoms with van der Waals surface area (Å²) >= 11 is 0. The van der Waals surface area contributed by atoms with E-state index in [1.165, 1.54) is 17.0 Å². The molecule has 1 unspecified atom stereocenters. The van der Waals surface area contributed by atoms with Crippen molar-refractivity contribution in [2.45, 2.75) is 38.1 Å². The first-order valence-electron chi connectivity index (χ1n) is 7.48. The van der Waals surface area contributed by atoms with Gasteiger partial charge < -0.3 is 14.7 Å². The van der Waals surface area contributed by atoms with E-state index in [0.717, 1.165) is 12.8 Å². The second-order valence-electron chi connectivity index (χ2n) is 5.35. The number of amides is 1. The summed E-state index contributed by atoms with van der Waals surface area (Å²) < 4.78 is 18.3. The van der Waals surface area contributed by atoms with Gasteiger partial charge in [-0.05, 0) is 37.8 Å². The molecule has 0 spiro atoms. The minimum atomic E-state index is -0.941. The summed E-state index contributed by atoms with van der Waals surface area (Å²) in [7, 11) is 0. The van der Waals surface area contributed by atoms with Gasteiger partial charge >= 0.3 is 5.97 Å². The molecule has 120 valence electrons. The van der Waals surface area contributed by atoms with Gasteiger partial charge in [0.2, 0.25) is 5.91 Å². The topological polar surface area (TPSA) is 66.8 Å². The number of carboxylic acids is 1. The Morgan fingerprint density at radius 3 is 2.91 bits per heavy atom. The van der Waals surface area contributed by atoms with Crippen molar-refractivity contribution in [3.63, 3.8) is 0 Å². The van der Waals surface area contributed by atoms with Crippen molar-refractivity contribution in [2.75, 3.05) is 13.2 Å². The number of nitrogens with zero attached hydrogens (tertiary/aromatic N) is 1. The lowest BCUT2D eigenvalue weighted by Crippen LogP contribution is -2.47. The number of piperidine rings is 1. The molecule has 0 bridgehead atoms. The van der Waals surface area contributed by atoms with Crippen molar-refractivity contribution < 1.29 is 23.8 Å². The number of likely N-dealkylation sites (tertiary alicyclic amines) is 1. The van der Waals surface area contributed by atoms with E-state index in [4.69, 9.17) is 9.84 Å². The van der Waals surface area contributed by atoms with Crippen LogP contribution in [0.5, 0.6) is 5.75 Å². The average molecular weight is 309 g/mol. The van der Waals surface area contributed by atoms with Gasteiger partial charge in [0.15, 0.2) is 0 Å². The van der Waals surface area contributed by atoms with Crippen LogP contribution in [0.1, 0.15) is 32.1 Å². The Bertz CT molecular complexity index is 535. The molecule has 0 saturated carbocycles. The van der Waals surface area contributed by atoms with Crippen LogP contribution in [0.4, 0.5) is 4.39 Å². The van der Waals surface area contributed by atoms with Crippen LogP contribution in [0, 0.1) is 5.82 Å². The van der Waals surface area contributed by atoms with E-state index in [1.807, 2.05) is 0 Å². The summed E-state index contributed by atoms with van der Waals surface area (Å²) in [6.07, 6.45) is 2.90. The molecule has 1 aliphatic rings. The van der Waals surface area contributed by atoms with Gasteiger partial charge in [0.25, 0.3) is 0 Å². The third-order valence-corrected chi connectivity index (χ3v) is 3.71. The number of rotatable bonds is 6. The summed E-state index contributed by atoms with van der Waals surface area (Å²) in [5, 5.41) is 9.15. The Morgan fingerprint density at radius 2 is 2.18 bits per heavy atom. The number of halogens is 1. The molecule has 0 aromatic heterocycles. The number of benzene rings is 1. The molecule has 1 aliphatic heterocycles. The van der Waals surface area contributed by atoms with Crippen LogP contribution in [0.15, 0.2) is 24.3 Å². The molecule has 1 heterocycles. The normalized spacial score (nSPS) is 18.0. The zero-order valence-corrected chi connectivity index (χ0v) is 12.3. The first kappa shape index (κ1) is 16.3. The van der Waals surface area contributed by atoms with Crippen molar-refractivity contribution in [3.8, 4) is 5.75 Å². The maximum Gasteiger partial charge on any atom is 0.326 e. The van der Waals surface area contributed by atoms with Crippen LogP contribution in [0.2, 0.25) is 0 Å². The van der Waals surface area contributed by atoms with E-state index >= 15 is 0 Å². The van der Waals surface area contributed by atoms with Crippen LogP contribution < -0.4 is 4.74 Å². The minimum absolute atomic E-state index is 0.157. The maximum absolute atomic E-state index is 13.0. The quantitative estimate of drug-likeness (QED) is 0.820. The molecular formula is C16H20FNO4. The van der Waals surface area contributed by atoms with Crippen molar-refractivity contribution >= 4 is 11.9 Å². The molecule has 6 heteroatoms. The Hall–Kier alpha value is -2.11. The molecule has 1 aromatic carbocycles. The number of carboxylic acid groups (broad SMARTS) is 1. The highest BCUT2D eigenvalue weighted by Gasteiger charge is 2.31. The SMILES string of the molecule is O=C(O)C1CCCCN1C(=O)CCCOc1cccc(F)c1. The Morgan fingerprint density at radius 1 is 1.36 bits per heavy atom. The Labute approximate surface area is 128 Å². The van der Waals surface area contributed by atoms with Gasteiger partial charge in [0, 0.05) is 19.0 Å². The number of ether oxygens (including phenoxy) is 1. The molecule has 5 nitrogen and oxygen atoms in total. The minimum Gasteiger partial charge on any atom is -0.493 e. The monoisotopic (exact) mass is 309 g/mol. The fourth-order valence-corrected chi connectivity index (χ4v) is 2.60. The second kappa shape index (κ2) is 7.77. The number of aliphatic carboxylic acids is 1. The molecule has 0 aliphatic carbocycles. The fraction of sp³-hybridized carbons (Fsp3) is 0.500. The predicted octanol–water partition coefficient (Wildman–Crippen LogP) is 2.45. The highest BCUT2D eigenvalue weighted by atomic mass is 19.1. The zero-order valence-electron chi connectivity index (χ0n) is 12.3. The van der Waals surface area contributed by atoms with Crippen LogP contribution in [-0.4, -0.2) is 41.1 Å². The van der Waals surface area contributed by atoms with Crippen LogP contribution in [-0.2, 0) is 9.59 Å². The van der Waals surface area contributed by atoms with Gasteiger partial charge in [-0.25, -0.2) is 9.18 Å². The first-order chi connectivity index (χ1) is 10.6. The average Bonchev–Trinajstić information content (AvgIpc) is 2.51.